The third-order valence-electron chi connectivity index (χ3n) is 6.43. The van der Waals surface area contributed by atoms with Crippen molar-refractivity contribution in [1.82, 2.24) is 14.8 Å². The fourth-order valence-electron chi connectivity index (χ4n) is 4.66. The van der Waals surface area contributed by atoms with Crippen molar-refractivity contribution in [3.8, 4) is 0 Å². The van der Waals surface area contributed by atoms with Crippen LogP contribution in [-0.4, -0.2) is 14.8 Å². The fourth-order valence-corrected chi connectivity index (χ4v) is 5.89. The van der Waals surface area contributed by atoms with Crippen molar-refractivity contribution in [1.29, 1.82) is 0 Å². The Morgan fingerprint density at radius 3 is 2.77 bits per heavy atom. The smallest absolute Gasteiger partial charge is 0.137 e. The number of benzene rings is 1. The molecular formula is C25H28N4S. The zero-order valence-corrected chi connectivity index (χ0v) is 18.4. The van der Waals surface area contributed by atoms with E-state index in [2.05, 4.69) is 77.8 Å². The number of nitrogens with zero attached hydrogens (tertiary/aromatic N) is 3. The Morgan fingerprint density at radius 1 is 1.20 bits per heavy atom. The van der Waals surface area contributed by atoms with Crippen LogP contribution in [-0.2, 0) is 0 Å². The van der Waals surface area contributed by atoms with Gasteiger partial charge in [-0.2, -0.15) is 5.10 Å². The molecule has 5 rings (SSSR count). The predicted octanol–water partition coefficient (Wildman–Crippen LogP) is 6.46. The molecule has 2 aliphatic carbocycles. The zero-order chi connectivity index (χ0) is 20.5. The molecule has 2 atom stereocenters. The van der Waals surface area contributed by atoms with Crippen LogP contribution in [0.3, 0.4) is 0 Å². The molecule has 1 N–H and O–H groups in total. The van der Waals surface area contributed by atoms with E-state index in [-0.39, 0.29) is 6.04 Å². The van der Waals surface area contributed by atoms with E-state index >= 15 is 0 Å². The van der Waals surface area contributed by atoms with E-state index in [9.17, 15) is 0 Å². The summed E-state index contributed by atoms with van der Waals surface area (Å²) >= 11 is 1.88. The van der Waals surface area contributed by atoms with Gasteiger partial charge in [-0.1, -0.05) is 68.8 Å². The second kappa shape index (κ2) is 8.31. The van der Waals surface area contributed by atoms with Crippen molar-refractivity contribution < 1.29 is 0 Å². The minimum absolute atomic E-state index is 0.228. The highest BCUT2D eigenvalue weighted by molar-refractivity contribution is 8.07. The van der Waals surface area contributed by atoms with Crippen LogP contribution in [0.25, 0.3) is 0 Å². The van der Waals surface area contributed by atoms with Crippen molar-refractivity contribution in [2.24, 2.45) is 11.8 Å². The van der Waals surface area contributed by atoms with Crippen molar-refractivity contribution in [3.63, 3.8) is 0 Å². The van der Waals surface area contributed by atoms with Gasteiger partial charge < -0.3 is 5.32 Å². The number of hydrogen-bond acceptors (Lipinski definition) is 4. The summed E-state index contributed by atoms with van der Waals surface area (Å²) in [7, 11) is 0. The van der Waals surface area contributed by atoms with Gasteiger partial charge in [0.15, 0.2) is 0 Å². The summed E-state index contributed by atoms with van der Waals surface area (Å²) in [5, 5.41) is 9.47. The van der Waals surface area contributed by atoms with Gasteiger partial charge in [0.25, 0.3) is 0 Å². The number of fused-ring (bicyclic) bond motifs is 3. The number of thioether (sulfide) groups is 1. The summed E-state index contributed by atoms with van der Waals surface area (Å²) in [4.78, 5) is 5.58. The van der Waals surface area contributed by atoms with Gasteiger partial charge in [0, 0.05) is 16.5 Å². The predicted molar refractivity (Wildman–Crippen MR) is 125 cm³/mol. The quantitative estimate of drug-likeness (QED) is 0.562. The van der Waals surface area contributed by atoms with Crippen molar-refractivity contribution >= 4 is 17.4 Å². The Bertz CT molecular complexity index is 1020. The van der Waals surface area contributed by atoms with Crippen LogP contribution in [0.2, 0.25) is 0 Å². The molecule has 0 spiro atoms. The molecule has 0 saturated heterocycles. The average Bonchev–Trinajstić information content (AvgIpc) is 3.46. The highest BCUT2D eigenvalue weighted by Gasteiger charge is 2.42. The van der Waals surface area contributed by atoms with Gasteiger partial charge in [-0.25, -0.2) is 9.67 Å². The van der Waals surface area contributed by atoms with E-state index in [1.54, 1.807) is 11.9 Å². The largest absolute Gasteiger partial charge is 0.350 e. The fraction of sp³-hybridized carbons (Fsp3) is 0.360. The monoisotopic (exact) mass is 416 g/mol. The standard InChI is InChI=1S/C25H28N4S/c1-3-17(4-2)24(29-16-26-15-27-29)18-10-12-19(13-11-18)28-25-22-14-21(22)20-8-6-5-7-9-23(20)30-25/h5,7-13,15-17,21,24,28H,3-4,6,14H2,1-2H3. The van der Waals surface area contributed by atoms with Crippen LogP contribution < -0.4 is 5.32 Å². The van der Waals surface area contributed by atoms with Crippen molar-refractivity contribution in [2.45, 2.75) is 45.6 Å². The first-order valence-electron chi connectivity index (χ1n) is 11.0. The van der Waals surface area contributed by atoms with E-state index in [1.807, 2.05) is 22.8 Å². The molecule has 1 aromatic carbocycles. The van der Waals surface area contributed by atoms with Gasteiger partial charge in [-0.15, -0.1) is 0 Å². The van der Waals surface area contributed by atoms with Crippen molar-refractivity contribution in [2.75, 3.05) is 5.32 Å². The third kappa shape index (κ3) is 3.67. The number of hydrogen-bond donors (Lipinski definition) is 1. The molecule has 2 unspecified atom stereocenters. The Balaban J connectivity index is 1.37. The zero-order valence-electron chi connectivity index (χ0n) is 17.6. The van der Waals surface area contributed by atoms with Gasteiger partial charge >= 0.3 is 0 Å². The first-order valence-corrected chi connectivity index (χ1v) is 11.8. The number of anilines is 1. The number of nitrogens with one attached hydrogen (secondary N) is 1. The number of rotatable bonds is 7. The van der Waals surface area contributed by atoms with Gasteiger partial charge in [0.05, 0.1) is 11.1 Å². The molecule has 1 aliphatic heterocycles. The summed E-state index contributed by atoms with van der Waals surface area (Å²) in [5.74, 6) is 1.17. The van der Waals surface area contributed by atoms with Gasteiger partial charge in [0.2, 0.25) is 0 Å². The summed E-state index contributed by atoms with van der Waals surface area (Å²) in [6, 6.07) is 9.13. The summed E-state index contributed by atoms with van der Waals surface area (Å²) < 4.78 is 2.01. The van der Waals surface area contributed by atoms with E-state index in [1.165, 1.54) is 27.5 Å². The highest BCUT2D eigenvalue weighted by Crippen LogP contribution is 2.58. The molecule has 0 radical (unpaired) electrons. The molecule has 154 valence electrons. The van der Waals surface area contributed by atoms with Crippen LogP contribution in [0.4, 0.5) is 5.69 Å². The van der Waals surface area contributed by atoms with Gasteiger partial charge in [0.1, 0.15) is 12.7 Å². The Labute approximate surface area is 182 Å². The molecule has 4 nitrogen and oxygen atoms in total. The molecule has 2 heterocycles. The molecule has 1 fully saturated rings. The first kappa shape index (κ1) is 19.4. The van der Waals surface area contributed by atoms with E-state index in [4.69, 9.17) is 0 Å². The molecule has 2 aromatic rings. The molecule has 1 saturated carbocycles. The van der Waals surface area contributed by atoms with E-state index in [0.717, 1.165) is 24.9 Å². The third-order valence-corrected chi connectivity index (χ3v) is 7.59. The second-order valence-electron chi connectivity index (χ2n) is 8.21. The maximum absolute atomic E-state index is 4.45. The Hall–Kier alpha value is -2.53. The summed E-state index contributed by atoms with van der Waals surface area (Å²) in [6.45, 7) is 4.52. The lowest BCUT2D eigenvalue weighted by molar-refractivity contribution is 0.332. The first-order chi connectivity index (χ1) is 14.8. The maximum atomic E-state index is 4.45. The lowest BCUT2D eigenvalue weighted by Gasteiger charge is -2.26. The minimum atomic E-state index is 0.228. The molecule has 0 amide bonds. The number of allylic oxidation sites excluding steroid dienone is 6. The van der Waals surface area contributed by atoms with E-state index < -0.39 is 0 Å². The average molecular weight is 417 g/mol. The normalized spacial score (nSPS) is 20.8. The second-order valence-corrected chi connectivity index (χ2v) is 9.26. The highest BCUT2D eigenvalue weighted by atomic mass is 32.2. The summed E-state index contributed by atoms with van der Waals surface area (Å²) in [6.07, 6.45) is 17.0. The van der Waals surface area contributed by atoms with Gasteiger partial charge in [-0.3, -0.25) is 0 Å². The van der Waals surface area contributed by atoms with Crippen molar-refractivity contribution in [3.05, 3.63) is 87.9 Å². The molecule has 1 aromatic heterocycles. The van der Waals surface area contributed by atoms with Crippen LogP contribution in [0.15, 0.2) is 82.3 Å². The maximum Gasteiger partial charge on any atom is 0.137 e. The van der Waals surface area contributed by atoms with Crippen LogP contribution in [0, 0.1) is 11.8 Å². The SMILES string of the molecule is CCC(CC)C(c1ccc(NC2=C3CC3C3=CCC=CC=C3S2)cc1)n1cncn1. The van der Waals surface area contributed by atoms with Crippen LogP contribution in [0.5, 0.6) is 0 Å². The summed E-state index contributed by atoms with van der Waals surface area (Å²) in [5.41, 5.74) is 5.53. The Kier molecular flexibility index (Phi) is 5.38. The molecule has 0 bridgehead atoms. The lowest BCUT2D eigenvalue weighted by Crippen LogP contribution is -2.20. The number of aromatic nitrogens is 3. The Morgan fingerprint density at radius 2 is 2.03 bits per heavy atom. The topological polar surface area (TPSA) is 42.7 Å². The van der Waals surface area contributed by atoms with E-state index in [0.29, 0.717) is 11.8 Å². The minimum Gasteiger partial charge on any atom is -0.350 e. The van der Waals surface area contributed by atoms with Crippen LogP contribution in [0.1, 0.15) is 51.1 Å². The van der Waals surface area contributed by atoms with Gasteiger partial charge in [-0.05, 0) is 53.7 Å². The molecular weight excluding hydrogens is 388 g/mol. The molecule has 5 heteroatoms. The molecule has 3 aliphatic rings. The lowest BCUT2D eigenvalue weighted by atomic mass is 9.89. The molecule has 30 heavy (non-hydrogen) atoms. The van der Waals surface area contributed by atoms with Crippen LogP contribution >= 0.6 is 11.8 Å².